The number of hydrogen-bond donors (Lipinski definition) is 0. The molecule has 4 nitrogen and oxygen atoms in total. The van der Waals surface area contributed by atoms with Gasteiger partial charge in [0.1, 0.15) is 0 Å². The summed E-state index contributed by atoms with van der Waals surface area (Å²) in [6.07, 6.45) is 1.70. The highest BCUT2D eigenvalue weighted by Gasteiger charge is 2.05. The van der Waals surface area contributed by atoms with Gasteiger partial charge in [-0.25, -0.2) is 4.98 Å². The topological polar surface area (TPSA) is 56.3 Å². The smallest absolute Gasteiger partial charge is 0.225 e. The Morgan fingerprint density at radius 3 is 3.08 bits per heavy atom. The van der Waals surface area contributed by atoms with E-state index >= 15 is 0 Å². The van der Waals surface area contributed by atoms with Crippen molar-refractivity contribution in [3.8, 4) is 5.88 Å². The number of rotatable bonds is 4. The van der Waals surface area contributed by atoms with Crippen LogP contribution in [0.5, 0.6) is 5.88 Å². The lowest BCUT2D eigenvalue weighted by Gasteiger charge is -2.01. The summed E-state index contributed by atoms with van der Waals surface area (Å²) in [5.41, 5.74) is 0.299. The summed E-state index contributed by atoms with van der Waals surface area (Å²) in [5, 5.41) is 0. The van der Waals surface area contributed by atoms with E-state index in [1.54, 1.807) is 0 Å². The maximum Gasteiger partial charge on any atom is 0.225 e. The molecule has 0 saturated carbocycles. The first-order valence-electron chi connectivity index (χ1n) is 3.86. The maximum absolute atomic E-state index is 10.9. The van der Waals surface area contributed by atoms with Crippen molar-refractivity contribution in [3.05, 3.63) is 23.9 Å². The lowest BCUT2D eigenvalue weighted by molar-refractivity contribution is -0.104. The van der Waals surface area contributed by atoms with Crippen LogP contribution in [0.15, 0.2) is 18.3 Å². The van der Waals surface area contributed by atoms with Crippen molar-refractivity contribution in [2.75, 3.05) is 6.61 Å². The van der Waals surface area contributed by atoms with Gasteiger partial charge in [-0.1, -0.05) is 0 Å². The fraction of sp³-hybridized carbons (Fsp3) is 0.222. The molecule has 4 heteroatoms. The van der Waals surface area contributed by atoms with Crippen molar-refractivity contribution in [2.24, 2.45) is 0 Å². The number of carbonyl (C=O) groups excluding carboxylic acids is 2. The van der Waals surface area contributed by atoms with E-state index in [-0.39, 0.29) is 6.29 Å². The van der Waals surface area contributed by atoms with Crippen LogP contribution < -0.4 is 4.74 Å². The summed E-state index contributed by atoms with van der Waals surface area (Å²) >= 11 is 0. The Morgan fingerprint density at radius 1 is 1.69 bits per heavy atom. The van der Waals surface area contributed by atoms with Gasteiger partial charge < -0.3 is 4.74 Å². The quantitative estimate of drug-likeness (QED) is 0.391. The van der Waals surface area contributed by atoms with E-state index < -0.39 is 5.78 Å². The van der Waals surface area contributed by atoms with Crippen molar-refractivity contribution < 1.29 is 14.3 Å². The van der Waals surface area contributed by atoms with Gasteiger partial charge in [-0.2, -0.15) is 0 Å². The van der Waals surface area contributed by atoms with Crippen molar-refractivity contribution in [1.29, 1.82) is 0 Å². The molecule has 0 spiro atoms. The highest BCUT2D eigenvalue weighted by atomic mass is 16.5. The number of pyridine rings is 1. The largest absolute Gasteiger partial charge is 0.478 e. The predicted molar refractivity (Wildman–Crippen MR) is 45.8 cm³/mol. The van der Waals surface area contributed by atoms with E-state index in [1.165, 1.54) is 18.3 Å². The van der Waals surface area contributed by atoms with E-state index in [0.717, 1.165) is 0 Å². The zero-order valence-corrected chi connectivity index (χ0v) is 7.19. The first-order valence-corrected chi connectivity index (χ1v) is 3.86. The third-order valence-electron chi connectivity index (χ3n) is 1.42. The Bertz CT molecular complexity index is 322. The molecule has 0 bridgehead atoms. The molecule has 0 amide bonds. The molecule has 0 fully saturated rings. The molecule has 0 aliphatic carbocycles. The second-order valence-electron chi connectivity index (χ2n) is 2.30. The summed E-state index contributed by atoms with van der Waals surface area (Å²) in [7, 11) is 0. The Labute approximate surface area is 75.5 Å². The third kappa shape index (κ3) is 2.37. The lowest BCUT2D eigenvalue weighted by atomic mass is 10.2. The van der Waals surface area contributed by atoms with Crippen LogP contribution in [0.4, 0.5) is 0 Å². The van der Waals surface area contributed by atoms with Gasteiger partial charge in [-0.15, -0.1) is 0 Å². The summed E-state index contributed by atoms with van der Waals surface area (Å²) in [6, 6.07) is 2.92. The predicted octanol–water partition coefficient (Wildman–Crippen LogP) is 0.862. The number of aromatic nitrogens is 1. The molecule has 1 aromatic rings. The van der Waals surface area contributed by atoms with Crippen LogP contribution in [-0.2, 0) is 4.79 Å². The molecule has 0 aliphatic heterocycles. The summed E-state index contributed by atoms with van der Waals surface area (Å²) in [6.45, 7) is 2.29. The first kappa shape index (κ1) is 9.38. The van der Waals surface area contributed by atoms with Crippen LogP contribution in [0.2, 0.25) is 0 Å². The molecule has 0 aliphatic rings. The van der Waals surface area contributed by atoms with Crippen LogP contribution in [0.3, 0.4) is 0 Å². The van der Waals surface area contributed by atoms with Gasteiger partial charge in [0.25, 0.3) is 0 Å². The van der Waals surface area contributed by atoms with Crippen LogP contribution in [0.25, 0.3) is 0 Å². The molecule has 0 atom stereocenters. The van der Waals surface area contributed by atoms with E-state index in [2.05, 4.69) is 4.98 Å². The minimum atomic E-state index is -0.566. The standard InChI is InChI=1S/C9H9NO3/c1-2-13-9-5-7(3-4-10-9)8(12)6-11/h3-6H,2H2,1H3. The Balaban J connectivity index is 2.91. The average Bonchev–Trinajstić information content (AvgIpc) is 2.18. The highest BCUT2D eigenvalue weighted by molar-refractivity contribution is 6.33. The number of ether oxygens (including phenoxy) is 1. The number of ketones is 1. The van der Waals surface area contributed by atoms with E-state index in [1.807, 2.05) is 6.92 Å². The lowest BCUT2D eigenvalue weighted by Crippen LogP contribution is -2.01. The second kappa shape index (κ2) is 4.35. The van der Waals surface area contributed by atoms with Crippen molar-refractivity contribution >= 4 is 12.1 Å². The molecule has 0 saturated heterocycles. The highest BCUT2D eigenvalue weighted by Crippen LogP contribution is 2.08. The number of carbonyl (C=O) groups is 2. The zero-order chi connectivity index (χ0) is 9.68. The van der Waals surface area contributed by atoms with Gasteiger partial charge in [0.05, 0.1) is 6.61 Å². The SMILES string of the molecule is CCOc1cc(C(=O)C=O)ccn1. The molecule has 13 heavy (non-hydrogen) atoms. The normalized spacial score (nSPS) is 9.31. The van der Waals surface area contributed by atoms with E-state index in [9.17, 15) is 9.59 Å². The molecule has 0 N–H and O–H groups in total. The molecular weight excluding hydrogens is 170 g/mol. The van der Waals surface area contributed by atoms with Gasteiger partial charge in [0.15, 0.2) is 6.29 Å². The number of nitrogens with zero attached hydrogens (tertiary/aromatic N) is 1. The molecule has 0 radical (unpaired) electrons. The Kier molecular flexibility index (Phi) is 3.14. The number of aldehydes is 1. The maximum atomic E-state index is 10.9. The molecule has 68 valence electrons. The first-order chi connectivity index (χ1) is 6.27. The van der Waals surface area contributed by atoms with Gasteiger partial charge in [-0.3, -0.25) is 9.59 Å². The fourth-order valence-electron chi connectivity index (χ4n) is 0.858. The minimum absolute atomic E-state index is 0.269. The van der Waals surface area contributed by atoms with Gasteiger partial charge in [-0.05, 0) is 13.0 Å². The molecule has 0 unspecified atom stereocenters. The van der Waals surface area contributed by atoms with Gasteiger partial charge >= 0.3 is 0 Å². The van der Waals surface area contributed by atoms with Crippen LogP contribution in [0.1, 0.15) is 17.3 Å². The molecule has 0 aromatic carbocycles. The average molecular weight is 179 g/mol. The molecule has 1 rings (SSSR count). The monoisotopic (exact) mass is 179 g/mol. The van der Waals surface area contributed by atoms with Crippen LogP contribution in [-0.4, -0.2) is 23.7 Å². The van der Waals surface area contributed by atoms with Gasteiger partial charge in [0, 0.05) is 17.8 Å². The Morgan fingerprint density at radius 2 is 2.46 bits per heavy atom. The minimum Gasteiger partial charge on any atom is -0.478 e. The van der Waals surface area contributed by atoms with E-state index in [4.69, 9.17) is 4.74 Å². The van der Waals surface area contributed by atoms with Crippen molar-refractivity contribution in [3.63, 3.8) is 0 Å². The second-order valence-corrected chi connectivity index (χ2v) is 2.30. The summed E-state index contributed by atoms with van der Waals surface area (Å²) < 4.78 is 5.06. The van der Waals surface area contributed by atoms with Crippen molar-refractivity contribution in [2.45, 2.75) is 6.92 Å². The van der Waals surface area contributed by atoms with E-state index in [0.29, 0.717) is 18.1 Å². The number of Topliss-reactive ketones (excluding diaryl/α,β-unsaturated/α-hetero) is 1. The van der Waals surface area contributed by atoms with Crippen molar-refractivity contribution in [1.82, 2.24) is 4.98 Å². The fourth-order valence-corrected chi connectivity index (χ4v) is 0.858. The summed E-state index contributed by atoms with van der Waals surface area (Å²) in [5.74, 6) is -0.210. The zero-order valence-electron chi connectivity index (χ0n) is 7.19. The number of hydrogen-bond acceptors (Lipinski definition) is 4. The van der Waals surface area contributed by atoms with Crippen LogP contribution >= 0.6 is 0 Å². The molecule has 1 aromatic heterocycles. The molecular formula is C9H9NO3. The van der Waals surface area contributed by atoms with Gasteiger partial charge in [0.2, 0.25) is 11.7 Å². The Hall–Kier alpha value is -1.71. The summed E-state index contributed by atoms with van der Waals surface area (Å²) in [4.78, 5) is 24.9. The molecule has 1 heterocycles. The third-order valence-corrected chi connectivity index (χ3v) is 1.42. The van der Waals surface area contributed by atoms with Crippen LogP contribution in [0, 0.1) is 0 Å².